The second-order valence-corrected chi connectivity index (χ2v) is 9.07. The second-order valence-electron chi connectivity index (χ2n) is 9.07. The van der Waals surface area contributed by atoms with Crippen molar-refractivity contribution in [3.63, 3.8) is 0 Å². The van der Waals surface area contributed by atoms with Crippen LogP contribution < -0.4 is 4.90 Å². The molecule has 4 rings (SSSR count). The van der Waals surface area contributed by atoms with E-state index < -0.39 is 11.7 Å². The Kier molecular flexibility index (Phi) is 8.58. The van der Waals surface area contributed by atoms with E-state index in [1.807, 2.05) is 9.58 Å². The van der Waals surface area contributed by atoms with E-state index >= 15 is 0 Å². The number of nitrogens with zero attached hydrogens (tertiary/aromatic N) is 6. The third-order valence-corrected chi connectivity index (χ3v) is 6.25. The van der Waals surface area contributed by atoms with E-state index in [0.717, 1.165) is 50.8 Å². The molecule has 0 radical (unpaired) electrons. The van der Waals surface area contributed by atoms with Crippen molar-refractivity contribution in [1.29, 1.82) is 0 Å². The lowest BCUT2D eigenvalue weighted by Gasteiger charge is -2.40. The molecule has 3 heterocycles. The normalized spacial score (nSPS) is 20.8. The van der Waals surface area contributed by atoms with E-state index in [1.54, 1.807) is 6.07 Å². The predicted octanol–water partition coefficient (Wildman–Crippen LogP) is 4.20. The number of halogens is 4. The lowest BCUT2D eigenvalue weighted by atomic mass is 10.0. The topological polar surface area (TPSA) is 59.3 Å². The average molecular weight is 489 g/mol. The number of alkyl halides is 3. The van der Waals surface area contributed by atoms with Gasteiger partial charge in [-0.15, -0.1) is 17.5 Å². The summed E-state index contributed by atoms with van der Waals surface area (Å²) < 4.78 is 47.0. The Balaban J connectivity index is 0.00000306. The molecule has 184 valence electrons. The molecule has 2 fully saturated rings. The number of aromatic nitrogens is 4. The van der Waals surface area contributed by atoms with Crippen LogP contribution in [-0.2, 0) is 17.5 Å². The van der Waals surface area contributed by atoms with Crippen molar-refractivity contribution in [2.75, 3.05) is 37.7 Å². The van der Waals surface area contributed by atoms with Crippen LogP contribution in [0.5, 0.6) is 0 Å². The highest BCUT2D eigenvalue weighted by Gasteiger charge is 2.33. The summed E-state index contributed by atoms with van der Waals surface area (Å²) in [5, 5.41) is 12.5. The van der Waals surface area contributed by atoms with E-state index in [-0.39, 0.29) is 24.6 Å². The van der Waals surface area contributed by atoms with Crippen molar-refractivity contribution in [3.05, 3.63) is 35.7 Å². The molecule has 0 spiro atoms. The smallest absolute Gasteiger partial charge is 0.376 e. The van der Waals surface area contributed by atoms with Crippen LogP contribution >= 0.6 is 12.4 Å². The van der Waals surface area contributed by atoms with Crippen LogP contribution in [0.4, 0.5) is 18.9 Å². The molecule has 0 bridgehead atoms. The molecule has 2 atom stereocenters. The predicted molar refractivity (Wildman–Crippen MR) is 121 cm³/mol. The van der Waals surface area contributed by atoms with Crippen molar-refractivity contribution in [3.8, 4) is 0 Å². The molecular formula is C22H32ClF3N6O. The SMILES string of the molecule is CC(C)CC(c1nnnn1CC1CCCO1)N1CCN(c2cccc(C(F)(F)F)c2)CC1.Cl. The first kappa shape index (κ1) is 25.7. The van der Waals surface area contributed by atoms with Gasteiger partial charge < -0.3 is 9.64 Å². The summed E-state index contributed by atoms with van der Waals surface area (Å²) >= 11 is 0. The lowest BCUT2D eigenvalue weighted by Crippen LogP contribution is -2.48. The van der Waals surface area contributed by atoms with Gasteiger partial charge in [-0.05, 0) is 53.8 Å². The Morgan fingerprint density at radius 3 is 2.55 bits per heavy atom. The third-order valence-electron chi connectivity index (χ3n) is 6.25. The quantitative estimate of drug-likeness (QED) is 0.582. The van der Waals surface area contributed by atoms with Crippen LogP contribution in [0, 0.1) is 5.92 Å². The lowest BCUT2D eigenvalue weighted by molar-refractivity contribution is -0.137. The largest absolute Gasteiger partial charge is 0.416 e. The van der Waals surface area contributed by atoms with E-state index in [0.29, 0.717) is 31.2 Å². The minimum Gasteiger partial charge on any atom is -0.376 e. The van der Waals surface area contributed by atoms with Gasteiger partial charge in [0.25, 0.3) is 0 Å². The van der Waals surface area contributed by atoms with Crippen LogP contribution in [0.3, 0.4) is 0 Å². The van der Waals surface area contributed by atoms with Crippen molar-refractivity contribution in [2.24, 2.45) is 5.92 Å². The fourth-order valence-corrected chi connectivity index (χ4v) is 4.60. The van der Waals surface area contributed by atoms with Gasteiger partial charge in [0, 0.05) is 38.5 Å². The number of anilines is 1. The molecule has 0 N–H and O–H groups in total. The standard InChI is InChI=1S/C22H31F3N6O.ClH/c1-16(2)13-20(21-26-27-28-31(21)15-19-7-4-12-32-19)30-10-8-29(9-11-30)18-6-3-5-17(14-18)22(23,24)25;/h3,5-6,14,16,19-20H,4,7-13,15H2,1-2H3;1H. The van der Waals surface area contributed by atoms with Crippen molar-refractivity contribution in [1.82, 2.24) is 25.1 Å². The highest BCUT2D eigenvalue weighted by atomic mass is 35.5. The summed E-state index contributed by atoms with van der Waals surface area (Å²) in [6.07, 6.45) is -1.19. The van der Waals surface area contributed by atoms with Crippen LogP contribution in [0.15, 0.2) is 24.3 Å². The maximum atomic E-state index is 13.1. The summed E-state index contributed by atoms with van der Waals surface area (Å²) in [4.78, 5) is 4.38. The van der Waals surface area contributed by atoms with E-state index in [2.05, 4.69) is 34.3 Å². The van der Waals surface area contributed by atoms with Gasteiger partial charge in [-0.3, -0.25) is 4.90 Å². The molecule has 2 aliphatic rings. The summed E-state index contributed by atoms with van der Waals surface area (Å²) in [5.74, 6) is 1.30. The molecule has 11 heteroatoms. The second kappa shape index (κ2) is 11.0. The number of rotatable bonds is 7. The molecule has 0 amide bonds. The van der Waals surface area contributed by atoms with Gasteiger partial charge >= 0.3 is 6.18 Å². The molecule has 1 aromatic carbocycles. The van der Waals surface area contributed by atoms with Crippen molar-refractivity contribution in [2.45, 2.75) is 58.0 Å². The Labute approximate surface area is 198 Å². The molecule has 33 heavy (non-hydrogen) atoms. The van der Waals surface area contributed by atoms with Gasteiger partial charge in [-0.25, -0.2) is 4.68 Å². The number of hydrogen-bond acceptors (Lipinski definition) is 6. The van der Waals surface area contributed by atoms with Gasteiger partial charge in [0.05, 0.1) is 24.3 Å². The number of hydrogen-bond donors (Lipinski definition) is 0. The zero-order valence-corrected chi connectivity index (χ0v) is 19.9. The molecule has 1 aromatic heterocycles. The molecule has 2 saturated heterocycles. The maximum Gasteiger partial charge on any atom is 0.416 e. The molecule has 2 aromatic rings. The fraction of sp³-hybridized carbons (Fsp3) is 0.682. The zero-order chi connectivity index (χ0) is 22.7. The highest BCUT2D eigenvalue weighted by Crippen LogP contribution is 2.33. The van der Waals surface area contributed by atoms with Gasteiger partial charge in [0.2, 0.25) is 0 Å². The summed E-state index contributed by atoms with van der Waals surface area (Å²) in [5.41, 5.74) is 0.00604. The maximum absolute atomic E-state index is 13.1. The third kappa shape index (κ3) is 6.36. The van der Waals surface area contributed by atoms with E-state index in [4.69, 9.17) is 4.74 Å². The minimum absolute atomic E-state index is 0. The molecule has 0 aliphatic carbocycles. The molecule has 0 saturated carbocycles. The van der Waals surface area contributed by atoms with Gasteiger partial charge in [-0.1, -0.05) is 19.9 Å². The zero-order valence-electron chi connectivity index (χ0n) is 19.0. The minimum atomic E-state index is -4.33. The van der Waals surface area contributed by atoms with Gasteiger partial charge in [0.1, 0.15) is 0 Å². The Morgan fingerprint density at radius 1 is 1.15 bits per heavy atom. The van der Waals surface area contributed by atoms with E-state index in [1.165, 1.54) is 12.1 Å². The highest BCUT2D eigenvalue weighted by molar-refractivity contribution is 5.85. The number of benzene rings is 1. The van der Waals surface area contributed by atoms with Crippen LogP contribution in [0.25, 0.3) is 0 Å². The monoisotopic (exact) mass is 488 g/mol. The Bertz CT molecular complexity index is 879. The number of tetrazole rings is 1. The molecular weight excluding hydrogens is 457 g/mol. The number of ether oxygens (including phenoxy) is 1. The fourth-order valence-electron chi connectivity index (χ4n) is 4.60. The molecule has 2 aliphatic heterocycles. The molecule has 7 nitrogen and oxygen atoms in total. The number of piperazine rings is 1. The molecule has 2 unspecified atom stereocenters. The first-order chi connectivity index (χ1) is 15.3. The van der Waals surface area contributed by atoms with Crippen LogP contribution in [0.1, 0.15) is 50.5 Å². The summed E-state index contributed by atoms with van der Waals surface area (Å²) in [6.45, 7) is 8.59. The van der Waals surface area contributed by atoms with Crippen molar-refractivity contribution >= 4 is 18.1 Å². The van der Waals surface area contributed by atoms with Crippen LogP contribution in [-0.4, -0.2) is 64.0 Å². The Morgan fingerprint density at radius 2 is 1.91 bits per heavy atom. The van der Waals surface area contributed by atoms with E-state index in [9.17, 15) is 13.2 Å². The first-order valence-electron chi connectivity index (χ1n) is 11.3. The van der Waals surface area contributed by atoms with Crippen molar-refractivity contribution < 1.29 is 17.9 Å². The average Bonchev–Trinajstić information content (AvgIpc) is 3.44. The van der Waals surface area contributed by atoms with Gasteiger partial charge in [0.15, 0.2) is 5.82 Å². The van der Waals surface area contributed by atoms with Gasteiger partial charge in [-0.2, -0.15) is 13.2 Å². The van der Waals surface area contributed by atoms with Crippen LogP contribution in [0.2, 0.25) is 0 Å². The first-order valence-corrected chi connectivity index (χ1v) is 11.3. The summed E-state index contributed by atoms with van der Waals surface area (Å²) in [6, 6.07) is 5.65. The Hall–Kier alpha value is -1.91. The summed E-state index contributed by atoms with van der Waals surface area (Å²) in [7, 11) is 0.